The number of hydrogen-bond donors (Lipinski definition) is 1. The highest BCUT2D eigenvalue weighted by molar-refractivity contribution is 7.89. The number of nitro benzene ring substituents is 1. The fraction of sp³-hybridized carbons (Fsp3) is 0.250. The zero-order valence-corrected chi connectivity index (χ0v) is 16.2. The molecule has 2 aromatic carbocycles. The summed E-state index contributed by atoms with van der Waals surface area (Å²) in [6.45, 7) is 0.691. The van der Waals surface area contributed by atoms with Crippen LogP contribution < -0.4 is 5.32 Å². The molecule has 0 spiro atoms. The number of benzene rings is 2. The first-order chi connectivity index (χ1) is 12.3. The number of nitro groups is 1. The third-order valence-corrected chi connectivity index (χ3v) is 6.56. The predicted molar refractivity (Wildman–Crippen MR) is 101 cm³/mol. The van der Waals surface area contributed by atoms with Crippen molar-refractivity contribution in [2.75, 3.05) is 19.6 Å². The van der Waals surface area contributed by atoms with E-state index in [-0.39, 0.29) is 30.5 Å². The Labute approximate surface area is 166 Å². The van der Waals surface area contributed by atoms with Gasteiger partial charge in [0, 0.05) is 25.7 Å². The van der Waals surface area contributed by atoms with Crippen LogP contribution in [0.4, 0.5) is 10.1 Å². The van der Waals surface area contributed by atoms with E-state index in [1.54, 1.807) is 6.07 Å². The molecule has 0 aromatic heterocycles. The van der Waals surface area contributed by atoms with Crippen LogP contribution in [-0.2, 0) is 10.0 Å². The Morgan fingerprint density at radius 1 is 1.26 bits per heavy atom. The van der Waals surface area contributed by atoms with Crippen molar-refractivity contribution >= 4 is 39.7 Å². The van der Waals surface area contributed by atoms with Gasteiger partial charge in [-0.2, -0.15) is 4.31 Å². The van der Waals surface area contributed by atoms with Gasteiger partial charge in [0.15, 0.2) is 4.90 Å². The molecule has 1 atom stereocenters. The molecule has 0 aliphatic carbocycles. The number of piperazine rings is 1. The normalized spacial score (nSPS) is 17.9. The fourth-order valence-corrected chi connectivity index (χ4v) is 5.27. The quantitative estimate of drug-likeness (QED) is 0.587. The lowest BCUT2D eigenvalue weighted by Gasteiger charge is -2.35. The lowest BCUT2D eigenvalue weighted by molar-refractivity contribution is -0.387. The third kappa shape index (κ3) is 4.22. The second-order valence-electron chi connectivity index (χ2n) is 5.74. The van der Waals surface area contributed by atoms with Crippen LogP contribution in [0.25, 0.3) is 0 Å². The van der Waals surface area contributed by atoms with Crippen LogP contribution in [0.2, 0.25) is 5.02 Å². The molecule has 3 rings (SSSR count). The molecule has 146 valence electrons. The Morgan fingerprint density at radius 3 is 2.63 bits per heavy atom. The summed E-state index contributed by atoms with van der Waals surface area (Å²) in [5.41, 5.74) is -0.135. The summed E-state index contributed by atoms with van der Waals surface area (Å²) in [5.74, 6) is -0.492. The topological polar surface area (TPSA) is 92.5 Å². The summed E-state index contributed by atoms with van der Waals surface area (Å²) < 4.78 is 41.2. The SMILES string of the molecule is Cl.O=[N+]([O-])c1cccc(Cl)c1S(=O)(=O)N1CCNCC1c1cccc(F)c1. The van der Waals surface area contributed by atoms with Gasteiger partial charge in [-0.25, -0.2) is 12.8 Å². The molecule has 0 radical (unpaired) electrons. The van der Waals surface area contributed by atoms with E-state index in [0.29, 0.717) is 12.1 Å². The van der Waals surface area contributed by atoms with E-state index < -0.39 is 37.4 Å². The summed E-state index contributed by atoms with van der Waals surface area (Å²) in [7, 11) is -4.28. The number of halogens is 3. The van der Waals surface area contributed by atoms with Crippen molar-refractivity contribution in [3.05, 3.63) is 69.0 Å². The highest BCUT2D eigenvalue weighted by atomic mass is 35.5. The first kappa shape index (κ1) is 21.5. The molecule has 2 aromatic rings. The van der Waals surface area contributed by atoms with Crippen molar-refractivity contribution in [1.29, 1.82) is 0 Å². The zero-order valence-electron chi connectivity index (χ0n) is 13.8. The van der Waals surface area contributed by atoms with Crippen molar-refractivity contribution in [1.82, 2.24) is 9.62 Å². The highest BCUT2D eigenvalue weighted by Crippen LogP contribution is 2.37. The van der Waals surface area contributed by atoms with Crippen molar-refractivity contribution in [2.24, 2.45) is 0 Å². The van der Waals surface area contributed by atoms with Gasteiger partial charge < -0.3 is 5.32 Å². The van der Waals surface area contributed by atoms with Gasteiger partial charge in [-0.15, -0.1) is 12.4 Å². The molecule has 11 heteroatoms. The molecule has 1 N–H and O–H groups in total. The Kier molecular flexibility index (Phi) is 6.77. The van der Waals surface area contributed by atoms with E-state index >= 15 is 0 Å². The van der Waals surface area contributed by atoms with Crippen molar-refractivity contribution in [3.8, 4) is 0 Å². The highest BCUT2D eigenvalue weighted by Gasteiger charge is 2.39. The van der Waals surface area contributed by atoms with Crippen LogP contribution >= 0.6 is 24.0 Å². The molecular formula is C16H16Cl2FN3O4S. The maximum Gasteiger partial charge on any atom is 0.290 e. The summed E-state index contributed by atoms with van der Waals surface area (Å²) in [5, 5.41) is 14.1. The van der Waals surface area contributed by atoms with Gasteiger partial charge in [0.1, 0.15) is 5.82 Å². The summed E-state index contributed by atoms with van der Waals surface area (Å²) in [6, 6.07) is 8.62. The first-order valence-corrected chi connectivity index (χ1v) is 9.55. The van der Waals surface area contributed by atoms with Gasteiger partial charge in [-0.1, -0.05) is 29.8 Å². The van der Waals surface area contributed by atoms with Crippen molar-refractivity contribution in [2.45, 2.75) is 10.9 Å². The molecule has 27 heavy (non-hydrogen) atoms. The molecule has 1 unspecified atom stereocenters. The van der Waals surface area contributed by atoms with Crippen LogP contribution in [0, 0.1) is 15.9 Å². The molecule has 1 fully saturated rings. The van der Waals surface area contributed by atoms with Crippen molar-refractivity contribution in [3.63, 3.8) is 0 Å². The van der Waals surface area contributed by atoms with Gasteiger partial charge >= 0.3 is 0 Å². The maximum atomic E-state index is 13.6. The molecule has 1 saturated heterocycles. The first-order valence-electron chi connectivity index (χ1n) is 7.73. The van der Waals surface area contributed by atoms with Crippen molar-refractivity contribution < 1.29 is 17.7 Å². The van der Waals surface area contributed by atoms with E-state index in [1.807, 2.05) is 0 Å². The zero-order chi connectivity index (χ0) is 18.9. The average molecular weight is 436 g/mol. The number of sulfonamides is 1. The van der Waals surface area contributed by atoms with Crippen LogP contribution in [0.5, 0.6) is 0 Å². The number of nitrogens with zero attached hydrogens (tertiary/aromatic N) is 2. The van der Waals surface area contributed by atoms with E-state index in [9.17, 15) is 22.9 Å². The van der Waals surface area contributed by atoms with Crippen LogP contribution in [0.3, 0.4) is 0 Å². The van der Waals surface area contributed by atoms with E-state index in [2.05, 4.69) is 5.32 Å². The molecule has 1 aliphatic rings. The molecule has 1 heterocycles. The predicted octanol–water partition coefficient (Wildman–Crippen LogP) is 3.14. The lowest BCUT2D eigenvalue weighted by atomic mass is 10.1. The minimum atomic E-state index is -4.28. The second-order valence-corrected chi connectivity index (χ2v) is 7.97. The second kappa shape index (κ2) is 8.49. The molecule has 7 nitrogen and oxygen atoms in total. The minimum Gasteiger partial charge on any atom is -0.313 e. The van der Waals surface area contributed by atoms with E-state index in [1.165, 1.54) is 30.3 Å². The van der Waals surface area contributed by atoms with E-state index in [4.69, 9.17) is 11.6 Å². The Hall–Kier alpha value is -1.78. The van der Waals surface area contributed by atoms with Gasteiger partial charge in [0.05, 0.1) is 16.0 Å². The molecule has 0 saturated carbocycles. The molecule has 1 aliphatic heterocycles. The smallest absolute Gasteiger partial charge is 0.290 e. The molecule has 0 amide bonds. The Balaban J connectivity index is 0.00000261. The standard InChI is InChI=1S/C16H15ClFN3O4S.ClH/c17-13-5-2-6-14(21(22)23)16(13)26(24,25)20-8-7-19-10-15(20)11-3-1-4-12(18)9-11;/h1-6,9,15,19H,7-8,10H2;1H. The largest absolute Gasteiger partial charge is 0.313 e. The van der Waals surface area contributed by atoms with Gasteiger partial charge in [-0.3, -0.25) is 10.1 Å². The van der Waals surface area contributed by atoms with Gasteiger partial charge in [0.25, 0.3) is 15.7 Å². The summed E-state index contributed by atoms with van der Waals surface area (Å²) in [4.78, 5) is 9.98. The number of hydrogen-bond acceptors (Lipinski definition) is 5. The minimum absolute atomic E-state index is 0. The van der Waals surface area contributed by atoms with Crippen LogP contribution in [0.1, 0.15) is 11.6 Å². The number of nitrogens with one attached hydrogen (secondary N) is 1. The van der Waals surface area contributed by atoms with Crippen LogP contribution in [0.15, 0.2) is 47.4 Å². The van der Waals surface area contributed by atoms with Crippen LogP contribution in [-0.4, -0.2) is 37.3 Å². The fourth-order valence-electron chi connectivity index (χ4n) is 2.99. The Bertz CT molecular complexity index is 958. The molecular weight excluding hydrogens is 420 g/mol. The number of rotatable bonds is 4. The monoisotopic (exact) mass is 435 g/mol. The van der Waals surface area contributed by atoms with E-state index in [0.717, 1.165) is 10.4 Å². The lowest BCUT2D eigenvalue weighted by Crippen LogP contribution is -2.48. The van der Waals surface area contributed by atoms with Gasteiger partial charge in [-0.05, 0) is 23.8 Å². The Morgan fingerprint density at radius 2 is 1.96 bits per heavy atom. The summed E-state index contributed by atoms with van der Waals surface area (Å²) >= 11 is 6.01. The van der Waals surface area contributed by atoms with Gasteiger partial charge in [0.2, 0.25) is 0 Å². The molecule has 0 bridgehead atoms. The third-order valence-electron chi connectivity index (χ3n) is 4.14. The average Bonchev–Trinajstić information content (AvgIpc) is 2.61. The maximum absolute atomic E-state index is 13.6. The summed E-state index contributed by atoms with van der Waals surface area (Å²) in [6.07, 6.45) is 0.